The van der Waals surface area contributed by atoms with Gasteiger partial charge in [-0.15, -0.1) is 6.58 Å². The number of carbonyl (C=O) groups excluding carboxylic acids is 1. The summed E-state index contributed by atoms with van der Waals surface area (Å²) < 4.78 is 22.8. The molecule has 1 fully saturated rings. The maximum absolute atomic E-state index is 12.3. The number of sulfonamides is 1. The number of carbonyl (C=O) groups is 1. The summed E-state index contributed by atoms with van der Waals surface area (Å²) >= 11 is 0. The van der Waals surface area contributed by atoms with Crippen molar-refractivity contribution in [3.63, 3.8) is 0 Å². The molecule has 0 saturated carbocycles. The van der Waals surface area contributed by atoms with E-state index < -0.39 is 10.0 Å². The number of amides is 1. The number of para-hydroxylation sites is 1. The van der Waals surface area contributed by atoms with Gasteiger partial charge in [-0.3, -0.25) is 14.6 Å². The molecule has 9 nitrogen and oxygen atoms in total. The third kappa shape index (κ3) is 7.49. The Morgan fingerprint density at radius 2 is 1.82 bits per heavy atom. The Morgan fingerprint density at radius 1 is 1.12 bits per heavy atom. The van der Waals surface area contributed by atoms with Crippen molar-refractivity contribution in [2.75, 3.05) is 32.7 Å². The molecule has 0 unspecified atom stereocenters. The number of benzene rings is 2. The number of phenols is 1. The number of phenolic OH excluding ortho intramolecular Hbond substituents is 1. The van der Waals surface area contributed by atoms with Crippen LogP contribution in [0.1, 0.15) is 23.1 Å². The van der Waals surface area contributed by atoms with Gasteiger partial charge < -0.3 is 5.11 Å². The summed E-state index contributed by atoms with van der Waals surface area (Å²) in [6, 6.07) is 12.0. The Balaban J connectivity index is 1.46. The molecule has 0 atom stereocenters. The topological polar surface area (TPSA) is 128 Å². The van der Waals surface area contributed by atoms with Crippen molar-refractivity contribution >= 4 is 22.1 Å². The predicted molar refractivity (Wildman–Crippen MR) is 132 cm³/mol. The summed E-state index contributed by atoms with van der Waals surface area (Å²) in [5, 5.41) is 19.4. The van der Waals surface area contributed by atoms with Crippen molar-refractivity contribution in [3.05, 3.63) is 71.8 Å². The van der Waals surface area contributed by atoms with Gasteiger partial charge in [0.2, 0.25) is 10.0 Å². The molecule has 1 amide bonds. The molecule has 2 aromatic carbocycles. The van der Waals surface area contributed by atoms with E-state index in [2.05, 4.69) is 26.9 Å². The van der Waals surface area contributed by atoms with Crippen LogP contribution in [0.5, 0.6) is 5.75 Å². The monoisotopic (exact) mass is 485 g/mol. The van der Waals surface area contributed by atoms with Crippen molar-refractivity contribution in [1.29, 1.82) is 0 Å². The lowest BCUT2D eigenvalue weighted by atomic mass is 10.1. The van der Waals surface area contributed by atoms with Crippen molar-refractivity contribution in [3.8, 4) is 5.75 Å². The number of hydrazone groups is 1. The van der Waals surface area contributed by atoms with Crippen LogP contribution in [-0.2, 0) is 27.8 Å². The van der Waals surface area contributed by atoms with E-state index in [0.29, 0.717) is 18.5 Å². The first-order valence-electron chi connectivity index (χ1n) is 11.1. The standard InChI is InChI=1S/C24H31N5O4S/c1-2-5-20-6-3-7-21(24(20)31)16-26-27-23(30)18-29-13-4-12-28(14-15-29)17-19-8-10-22(11-9-19)34(25,32)33/h2-3,6-11,16,31H,1,4-5,12-15,17-18H2,(H,27,30)(H2,25,32,33)/b26-16+. The first kappa shape index (κ1) is 25.6. The van der Waals surface area contributed by atoms with Gasteiger partial charge in [-0.25, -0.2) is 19.0 Å². The first-order valence-corrected chi connectivity index (χ1v) is 12.6. The summed E-state index contributed by atoms with van der Waals surface area (Å²) in [5.74, 6) is -0.0858. The van der Waals surface area contributed by atoms with E-state index in [1.54, 1.807) is 24.3 Å². The van der Waals surface area contributed by atoms with Gasteiger partial charge in [-0.1, -0.05) is 30.3 Å². The average molecular weight is 486 g/mol. The van der Waals surface area contributed by atoms with Crippen LogP contribution in [-0.4, -0.2) is 68.2 Å². The largest absolute Gasteiger partial charge is 0.507 e. The molecule has 2 aromatic rings. The summed E-state index contributed by atoms with van der Waals surface area (Å²) in [7, 11) is -3.69. The van der Waals surface area contributed by atoms with Gasteiger partial charge >= 0.3 is 0 Å². The lowest BCUT2D eigenvalue weighted by molar-refractivity contribution is -0.122. The van der Waals surface area contributed by atoms with Crippen molar-refractivity contribution in [2.45, 2.75) is 24.3 Å². The second-order valence-corrected chi connectivity index (χ2v) is 9.80. The number of hydrogen-bond acceptors (Lipinski definition) is 7. The third-order valence-corrected chi connectivity index (χ3v) is 6.54. The highest BCUT2D eigenvalue weighted by atomic mass is 32.2. The van der Waals surface area contributed by atoms with Gasteiger partial charge in [-0.2, -0.15) is 5.10 Å². The number of nitrogens with zero attached hydrogens (tertiary/aromatic N) is 3. The van der Waals surface area contributed by atoms with E-state index in [1.165, 1.54) is 18.3 Å². The molecule has 0 bridgehead atoms. The van der Waals surface area contributed by atoms with Crippen LogP contribution in [0, 0.1) is 0 Å². The van der Waals surface area contributed by atoms with E-state index in [4.69, 9.17) is 5.14 Å². The number of nitrogens with one attached hydrogen (secondary N) is 1. The Bertz CT molecular complexity index is 1130. The van der Waals surface area contributed by atoms with Crippen LogP contribution in [0.15, 0.2) is 65.1 Å². The minimum Gasteiger partial charge on any atom is -0.507 e. The summed E-state index contributed by atoms with van der Waals surface area (Å²) in [6.07, 6.45) is 4.61. The van der Waals surface area contributed by atoms with Crippen LogP contribution in [0.3, 0.4) is 0 Å². The number of aromatic hydroxyl groups is 1. The first-order chi connectivity index (χ1) is 16.3. The zero-order valence-electron chi connectivity index (χ0n) is 19.1. The van der Waals surface area contributed by atoms with Gasteiger partial charge in [-0.05, 0) is 55.3 Å². The SMILES string of the molecule is C=CCc1cccc(/C=N/NC(=O)CN2CCCN(Cc3ccc(S(N)(=O)=O)cc3)CC2)c1O. The highest BCUT2D eigenvalue weighted by Gasteiger charge is 2.17. The Morgan fingerprint density at radius 3 is 2.53 bits per heavy atom. The molecule has 4 N–H and O–H groups in total. The molecular weight excluding hydrogens is 454 g/mol. The quantitative estimate of drug-likeness (QED) is 0.280. The molecule has 10 heteroatoms. The van der Waals surface area contributed by atoms with E-state index in [-0.39, 0.29) is 23.1 Å². The summed E-state index contributed by atoms with van der Waals surface area (Å²) in [5.41, 5.74) is 4.82. The Labute approximate surface area is 200 Å². The van der Waals surface area contributed by atoms with E-state index >= 15 is 0 Å². The zero-order chi connectivity index (χ0) is 24.6. The smallest absolute Gasteiger partial charge is 0.254 e. The highest BCUT2D eigenvalue weighted by molar-refractivity contribution is 7.89. The molecule has 3 rings (SSSR count). The number of rotatable bonds is 9. The van der Waals surface area contributed by atoms with Gasteiger partial charge in [0.15, 0.2) is 0 Å². The summed E-state index contributed by atoms with van der Waals surface area (Å²) in [4.78, 5) is 16.8. The number of primary sulfonamides is 1. The molecule has 1 aliphatic heterocycles. The fourth-order valence-corrected chi connectivity index (χ4v) is 4.35. The number of nitrogens with two attached hydrogens (primary N) is 1. The zero-order valence-corrected chi connectivity index (χ0v) is 19.9. The van der Waals surface area contributed by atoms with Gasteiger partial charge in [0, 0.05) is 25.2 Å². The highest BCUT2D eigenvalue weighted by Crippen LogP contribution is 2.21. The minimum atomic E-state index is -3.69. The molecule has 0 spiro atoms. The molecular formula is C24H31N5O4S. The lowest BCUT2D eigenvalue weighted by Crippen LogP contribution is -2.37. The lowest BCUT2D eigenvalue weighted by Gasteiger charge is -2.21. The van der Waals surface area contributed by atoms with Gasteiger partial charge in [0.05, 0.1) is 17.7 Å². The number of allylic oxidation sites excluding steroid dienone is 1. The molecule has 0 aromatic heterocycles. The molecule has 1 saturated heterocycles. The minimum absolute atomic E-state index is 0.103. The molecule has 34 heavy (non-hydrogen) atoms. The van der Waals surface area contributed by atoms with Crippen LogP contribution < -0.4 is 10.6 Å². The van der Waals surface area contributed by atoms with E-state index in [9.17, 15) is 18.3 Å². The van der Waals surface area contributed by atoms with Crippen molar-refractivity contribution < 1.29 is 18.3 Å². The van der Waals surface area contributed by atoms with Crippen LogP contribution in [0.2, 0.25) is 0 Å². The fourth-order valence-electron chi connectivity index (χ4n) is 3.83. The predicted octanol–water partition coefficient (Wildman–Crippen LogP) is 1.43. The molecule has 182 valence electrons. The third-order valence-electron chi connectivity index (χ3n) is 5.61. The maximum atomic E-state index is 12.3. The molecule has 1 heterocycles. The second-order valence-electron chi connectivity index (χ2n) is 8.24. The number of hydrogen-bond donors (Lipinski definition) is 3. The molecule has 0 aliphatic carbocycles. The van der Waals surface area contributed by atoms with Crippen LogP contribution in [0.4, 0.5) is 0 Å². The Kier molecular flexibility index (Phi) is 8.94. The van der Waals surface area contributed by atoms with Crippen LogP contribution >= 0.6 is 0 Å². The fraction of sp³-hybridized carbons (Fsp3) is 0.333. The normalized spacial score (nSPS) is 15.8. The van der Waals surface area contributed by atoms with Crippen molar-refractivity contribution in [2.24, 2.45) is 10.2 Å². The van der Waals surface area contributed by atoms with E-state index in [1.807, 2.05) is 12.1 Å². The Hall–Kier alpha value is -3.05. The maximum Gasteiger partial charge on any atom is 0.254 e. The van der Waals surface area contributed by atoms with E-state index in [0.717, 1.165) is 43.7 Å². The molecule has 0 radical (unpaired) electrons. The van der Waals surface area contributed by atoms with Crippen LogP contribution in [0.25, 0.3) is 0 Å². The molecule has 1 aliphatic rings. The van der Waals surface area contributed by atoms with Gasteiger partial charge in [0.25, 0.3) is 5.91 Å². The second kappa shape index (κ2) is 11.9. The summed E-state index contributed by atoms with van der Waals surface area (Å²) in [6.45, 7) is 7.81. The van der Waals surface area contributed by atoms with Gasteiger partial charge in [0.1, 0.15) is 5.75 Å². The van der Waals surface area contributed by atoms with Crippen molar-refractivity contribution in [1.82, 2.24) is 15.2 Å². The average Bonchev–Trinajstić information content (AvgIpc) is 3.01.